The van der Waals surface area contributed by atoms with E-state index in [1.807, 2.05) is 84.9 Å². The molecule has 3 aromatic carbocycles. The van der Waals surface area contributed by atoms with Crippen molar-refractivity contribution >= 4 is 20.6 Å². The number of carbonyl (C=O) groups excluding carboxylic acids is 1. The van der Waals surface area contributed by atoms with Crippen molar-refractivity contribution in [2.75, 3.05) is 7.11 Å². The molecule has 7 heteroatoms. The summed E-state index contributed by atoms with van der Waals surface area (Å²) in [5.74, 6) is 0.403. The van der Waals surface area contributed by atoms with Crippen molar-refractivity contribution in [1.29, 1.82) is 0 Å². The number of nitrogens with zero attached hydrogens (tertiary/aromatic N) is 1. The molecule has 4 aromatic rings. The maximum absolute atomic E-state index is 13.5. The van der Waals surface area contributed by atoms with E-state index in [-0.39, 0.29) is 23.5 Å². The Labute approximate surface area is 228 Å². The van der Waals surface area contributed by atoms with Crippen LogP contribution in [0.2, 0.25) is 16.6 Å². The van der Waals surface area contributed by atoms with Crippen LogP contribution in [0.4, 0.5) is 0 Å². The molecule has 0 saturated carbocycles. The van der Waals surface area contributed by atoms with E-state index in [2.05, 4.69) is 11.4 Å². The summed E-state index contributed by atoms with van der Waals surface area (Å²) in [7, 11) is 1.61. The summed E-state index contributed by atoms with van der Waals surface area (Å²) in [5.41, 5.74) is 7.00. The molecule has 4 rings (SSSR count). The number of rotatable bonds is 11. The van der Waals surface area contributed by atoms with Crippen LogP contribution in [0.15, 0.2) is 102 Å². The zero-order valence-electron chi connectivity index (χ0n) is 21.9. The van der Waals surface area contributed by atoms with Crippen LogP contribution in [0.1, 0.15) is 33.3 Å². The molecule has 0 spiro atoms. The first kappa shape index (κ1) is 27.3. The topological polar surface area (TPSA) is 66.8 Å². The van der Waals surface area contributed by atoms with E-state index in [1.165, 1.54) is 6.07 Å². The number of ether oxygens (including phenoxy) is 3. The first-order chi connectivity index (χ1) is 18.4. The number of pyridine rings is 1. The average Bonchev–Trinajstić information content (AvgIpc) is 2.95. The Kier molecular flexibility index (Phi) is 9.45. The molecule has 0 aliphatic rings. The minimum atomic E-state index is -0.991. The molecule has 0 aliphatic heterocycles. The summed E-state index contributed by atoms with van der Waals surface area (Å²) in [6.45, 7) is 0.838. The summed E-state index contributed by atoms with van der Waals surface area (Å²) in [4.78, 5) is 26.6. The number of methoxy groups -OCH3 is 1. The van der Waals surface area contributed by atoms with Gasteiger partial charge in [0.1, 0.15) is 0 Å². The molecule has 38 heavy (non-hydrogen) atoms. The van der Waals surface area contributed by atoms with Crippen LogP contribution in [0.3, 0.4) is 0 Å². The van der Waals surface area contributed by atoms with Gasteiger partial charge in [0.15, 0.2) is 0 Å². The molecule has 0 bridgehead atoms. The molecule has 0 radical (unpaired) electrons. The summed E-state index contributed by atoms with van der Waals surface area (Å²) in [6.07, 6.45) is 1.04. The van der Waals surface area contributed by atoms with Crippen LogP contribution >= 0.6 is 0 Å². The first-order valence-corrected chi connectivity index (χ1v) is 17.5. The quantitative estimate of drug-likeness (QED) is 0.159. The van der Waals surface area contributed by atoms with E-state index in [4.69, 9.17) is 14.2 Å². The molecule has 1 heterocycles. The van der Waals surface area contributed by atoms with Gasteiger partial charge < -0.3 is 0 Å². The number of aromatic nitrogens is 1. The second kappa shape index (κ2) is 13.2. The molecule has 196 valence electrons. The van der Waals surface area contributed by atoms with Gasteiger partial charge in [-0.2, -0.15) is 0 Å². The third-order valence-corrected chi connectivity index (χ3v) is 8.37. The van der Waals surface area contributed by atoms with Gasteiger partial charge in [-0.05, 0) is 0 Å². The van der Waals surface area contributed by atoms with Gasteiger partial charge in [-0.25, -0.2) is 0 Å². The van der Waals surface area contributed by atoms with Crippen molar-refractivity contribution in [3.63, 3.8) is 0 Å². The Bertz CT molecular complexity index is 1350. The van der Waals surface area contributed by atoms with Crippen molar-refractivity contribution in [3.05, 3.63) is 130 Å². The van der Waals surface area contributed by atoms with Crippen LogP contribution in [-0.2, 0) is 17.9 Å². The van der Waals surface area contributed by atoms with Crippen molar-refractivity contribution in [2.45, 2.75) is 35.9 Å². The van der Waals surface area contributed by atoms with Crippen LogP contribution in [0, 0.1) is 0 Å². The number of aryl methyl sites for hydroxylation is 1. The van der Waals surface area contributed by atoms with Gasteiger partial charge in [0.2, 0.25) is 0 Å². The third kappa shape index (κ3) is 7.17. The molecule has 0 N–H and O–H groups in total. The average molecular weight is 574 g/mol. The van der Waals surface area contributed by atoms with Gasteiger partial charge in [0, 0.05) is 0 Å². The fourth-order valence-electron chi connectivity index (χ4n) is 3.96. The normalized spacial score (nSPS) is 11.0. The van der Waals surface area contributed by atoms with Gasteiger partial charge in [-0.1, -0.05) is 0 Å². The van der Waals surface area contributed by atoms with E-state index < -0.39 is 26.7 Å². The fraction of sp³-hybridized carbons (Fsp3) is 0.226. The number of benzene rings is 3. The number of carbonyl (C=O) groups is 1. The van der Waals surface area contributed by atoms with Gasteiger partial charge in [0.05, 0.1) is 7.11 Å². The first-order valence-electron chi connectivity index (χ1n) is 12.4. The number of hydrogen-bond acceptors (Lipinski definition) is 5. The van der Waals surface area contributed by atoms with E-state index in [0.717, 1.165) is 27.6 Å². The summed E-state index contributed by atoms with van der Waals surface area (Å²) < 4.78 is 18.9. The SMILES string of the molecule is COc1ccc(COc2cn(CC[As](C)C)c(C(=O)OC(c3ccccc3)c3ccccc3)cc2=O)cc1. The molecule has 0 aliphatic carbocycles. The van der Waals surface area contributed by atoms with Crippen molar-refractivity contribution in [1.82, 2.24) is 4.57 Å². The second-order valence-corrected chi connectivity index (χ2v) is 14.6. The van der Waals surface area contributed by atoms with E-state index in [9.17, 15) is 9.59 Å². The number of hydrogen-bond donors (Lipinski definition) is 0. The Morgan fingerprint density at radius 2 is 1.50 bits per heavy atom. The molecule has 0 amide bonds. The predicted molar refractivity (Wildman–Crippen MR) is 150 cm³/mol. The molecular formula is C31H32AsNO5. The molecule has 0 fully saturated rings. The zero-order valence-corrected chi connectivity index (χ0v) is 23.7. The third-order valence-electron chi connectivity index (χ3n) is 6.07. The van der Waals surface area contributed by atoms with Gasteiger partial charge >= 0.3 is 221 Å². The second-order valence-electron chi connectivity index (χ2n) is 9.13. The molecular weight excluding hydrogens is 541 g/mol. The summed E-state index contributed by atoms with van der Waals surface area (Å²) in [5, 5.41) is 0.967. The Morgan fingerprint density at radius 1 is 0.895 bits per heavy atom. The van der Waals surface area contributed by atoms with Gasteiger partial charge in [-0.3, -0.25) is 0 Å². The zero-order chi connectivity index (χ0) is 26.9. The summed E-state index contributed by atoms with van der Waals surface area (Å²) in [6, 6.07) is 28.0. The fourth-order valence-corrected chi connectivity index (χ4v) is 5.26. The minimum absolute atomic E-state index is 0.200. The Hall–Kier alpha value is -3.76. The van der Waals surface area contributed by atoms with Crippen molar-refractivity contribution < 1.29 is 19.0 Å². The van der Waals surface area contributed by atoms with E-state index in [0.29, 0.717) is 6.54 Å². The molecule has 1 aromatic heterocycles. The van der Waals surface area contributed by atoms with Crippen LogP contribution in [0.5, 0.6) is 11.5 Å². The van der Waals surface area contributed by atoms with Gasteiger partial charge in [0.25, 0.3) is 0 Å². The number of esters is 1. The van der Waals surface area contributed by atoms with Crippen molar-refractivity contribution in [3.8, 4) is 11.5 Å². The molecule has 6 nitrogen and oxygen atoms in total. The maximum atomic E-state index is 13.5. The van der Waals surface area contributed by atoms with E-state index in [1.54, 1.807) is 17.9 Å². The van der Waals surface area contributed by atoms with E-state index >= 15 is 0 Å². The van der Waals surface area contributed by atoms with Crippen LogP contribution in [-0.4, -0.2) is 32.3 Å². The Balaban J connectivity index is 1.61. The van der Waals surface area contributed by atoms with Crippen molar-refractivity contribution in [2.24, 2.45) is 0 Å². The monoisotopic (exact) mass is 573 g/mol. The standard InChI is InChI=1S/C31H32AsNO5/c1-32(2)18-19-33-21-29(37-22-23-14-16-26(36-3)17-15-23)28(34)20-27(33)31(35)38-30(24-10-6-4-7-11-24)25-12-8-5-9-13-25/h4-17,20-21,30H,18-19,22H2,1-3H3. The van der Waals surface area contributed by atoms with Gasteiger partial charge in [-0.15, -0.1) is 0 Å². The summed E-state index contributed by atoms with van der Waals surface area (Å²) >= 11 is -0.991. The van der Waals surface area contributed by atoms with Crippen LogP contribution < -0.4 is 14.9 Å². The molecule has 0 saturated heterocycles. The van der Waals surface area contributed by atoms with Crippen LogP contribution in [0.25, 0.3) is 0 Å². The molecule has 0 atom stereocenters. The Morgan fingerprint density at radius 3 is 2.05 bits per heavy atom. The predicted octanol–water partition coefficient (Wildman–Crippen LogP) is 6.14. The molecule has 0 unspecified atom stereocenters.